The summed E-state index contributed by atoms with van der Waals surface area (Å²) >= 11 is 7.43. The number of hydrogen-bond donors (Lipinski definition) is 1. The lowest BCUT2D eigenvalue weighted by molar-refractivity contribution is -0.153. The monoisotopic (exact) mass is 418 g/mol. The van der Waals surface area contributed by atoms with Crippen LogP contribution in [0.15, 0.2) is 48.5 Å². The zero-order chi connectivity index (χ0) is 19.8. The van der Waals surface area contributed by atoms with E-state index >= 15 is 0 Å². The van der Waals surface area contributed by atoms with Crippen molar-refractivity contribution in [1.82, 2.24) is 10.3 Å². The van der Waals surface area contributed by atoms with Crippen LogP contribution in [0, 0.1) is 0 Å². The third kappa shape index (κ3) is 6.30. The molecular formula is C20H19ClN2O4S. The van der Waals surface area contributed by atoms with Crippen LogP contribution in [0.5, 0.6) is 0 Å². The topological polar surface area (TPSA) is 77.5 Å². The normalized spacial score (nSPS) is 10.8. The van der Waals surface area contributed by atoms with Gasteiger partial charge in [-0.2, -0.15) is 0 Å². The molecule has 0 fully saturated rings. The molecule has 0 aliphatic carbocycles. The highest BCUT2D eigenvalue weighted by atomic mass is 35.5. The summed E-state index contributed by atoms with van der Waals surface area (Å²) in [6, 6.07) is 15.2. The van der Waals surface area contributed by atoms with Crippen LogP contribution in [0.1, 0.15) is 10.6 Å². The first-order valence-electron chi connectivity index (χ1n) is 8.69. The number of hydrogen-bond acceptors (Lipinski definition) is 6. The van der Waals surface area contributed by atoms with Crippen LogP contribution in [0.4, 0.5) is 0 Å². The van der Waals surface area contributed by atoms with Crippen LogP contribution in [-0.2, 0) is 32.1 Å². The molecule has 28 heavy (non-hydrogen) atoms. The Labute approximate surface area is 171 Å². The zero-order valence-electron chi connectivity index (χ0n) is 15.0. The molecule has 0 bridgehead atoms. The molecule has 0 saturated carbocycles. The maximum absolute atomic E-state index is 11.7. The van der Waals surface area contributed by atoms with Crippen molar-refractivity contribution in [1.29, 1.82) is 0 Å². The number of aromatic nitrogens is 1. The van der Waals surface area contributed by atoms with Crippen LogP contribution in [0.2, 0.25) is 5.02 Å². The minimum Gasteiger partial charge on any atom is -0.454 e. The Bertz CT molecular complexity index is 927. The number of fused-ring (bicyclic) bond motifs is 1. The maximum Gasteiger partial charge on any atom is 0.332 e. The molecule has 0 aliphatic heterocycles. The van der Waals surface area contributed by atoms with E-state index in [4.69, 9.17) is 21.1 Å². The second-order valence-corrected chi connectivity index (χ2v) is 7.51. The van der Waals surface area contributed by atoms with Crippen molar-refractivity contribution in [2.24, 2.45) is 0 Å². The van der Waals surface area contributed by atoms with Crippen LogP contribution >= 0.6 is 22.9 Å². The van der Waals surface area contributed by atoms with E-state index in [-0.39, 0.29) is 25.7 Å². The van der Waals surface area contributed by atoms with Gasteiger partial charge in [0.25, 0.3) is 5.91 Å². The first-order chi connectivity index (χ1) is 13.6. The third-order valence-electron chi connectivity index (χ3n) is 3.77. The molecular weight excluding hydrogens is 400 g/mol. The van der Waals surface area contributed by atoms with Gasteiger partial charge in [-0.1, -0.05) is 35.9 Å². The van der Waals surface area contributed by atoms with Crippen molar-refractivity contribution >= 4 is 45.0 Å². The van der Waals surface area contributed by atoms with Gasteiger partial charge in [-0.25, -0.2) is 9.78 Å². The molecule has 1 amide bonds. The second kappa shape index (κ2) is 10.2. The number of para-hydroxylation sites is 1. The molecule has 0 radical (unpaired) electrons. The van der Waals surface area contributed by atoms with E-state index in [1.54, 1.807) is 6.07 Å². The minimum atomic E-state index is -0.592. The Kier molecular flexibility index (Phi) is 7.36. The van der Waals surface area contributed by atoms with E-state index in [1.165, 1.54) is 11.3 Å². The number of esters is 1. The minimum absolute atomic E-state index is 0.222. The lowest BCUT2D eigenvalue weighted by Crippen LogP contribution is -2.31. The number of carbonyl (C=O) groups is 2. The van der Waals surface area contributed by atoms with Gasteiger partial charge in [-0.05, 0) is 36.2 Å². The predicted molar refractivity (Wildman–Crippen MR) is 108 cm³/mol. The summed E-state index contributed by atoms with van der Waals surface area (Å²) in [7, 11) is 0. The first-order valence-corrected chi connectivity index (χ1v) is 9.88. The molecule has 3 rings (SSSR count). The lowest BCUT2D eigenvalue weighted by atomic mass is 10.1. The van der Waals surface area contributed by atoms with Crippen LogP contribution in [0.25, 0.3) is 10.2 Å². The van der Waals surface area contributed by atoms with Crippen LogP contribution < -0.4 is 5.32 Å². The molecule has 0 saturated heterocycles. The fraction of sp³-hybridized carbons (Fsp3) is 0.250. The Morgan fingerprint density at radius 1 is 1.11 bits per heavy atom. The molecule has 146 valence electrons. The summed E-state index contributed by atoms with van der Waals surface area (Å²) in [6.07, 6.45) is 0.644. The number of benzene rings is 2. The zero-order valence-corrected chi connectivity index (χ0v) is 16.6. The lowest BCUT2D eigenvalue weighted by Gasteiger charge is -2.07. The summed E-state index contributed by atoms with van der Waals surface area (Å²) in [5.74, 6) is -0.951. The van der Waals surface area contributed by atoms with E-state index in [0.29, 0.717) is 18.0 Å². The van der Waals surface area contributed by atoms with E-state index in [1.807, 2.05) is 42.5 Å². The highest BCUT2D eigenvalue weighted by Gasteiger charge is 2.09. The first kappa shape index (κ1) is 20.3. The maximum atomic E-state index is 11.7. The predicted octanol–water partition coefficient (Wildman–Crippen LogP) is 3.37. The number of nitrogens with one attached hydrogen (secondary N) is 1. The molecule has 1 aromatic heterocycles. The van der Waals surface area contributed by atoms with E-state index in [2.05, 4.69) is 10.3 Å². The van der Waals surface area contributed by atoms with Gasteiger partial charge in [0.2, 0.25) is 0 Å². The summed E-state index contributed by atoms with van der Waals surface area (Å²) in [4.78, 5) is 27.8. The quantitative estimate of drug-likeness (QED) is 0.539. The molecule has 1 heterocycles. The Morgan fingerprint density at radius 2 is 1.96 bits per heavy atom. The van der Waals surface area contributed by atoms with Gasteiger partial charge in [0.05, 0.1) is 16.8 Å². The highest BCUT2D eigenvalue weighted by Crippen LogP contribution is 2.21. The largest absolute Gasteiger partial charge is 0.454 e. The molecule has 1 N–H and O–H groups in total. The number of thiazole rings is 1. The molecule has 6 nitrogen and oxygen atoms in total. The average molecular weight is 419 g/mol. The number of halogens is 1. The van der Waals surface area contributed by atoms with E-state index in [0.717, 1.165) is 20.8 Å². The number of rotatable bonds is 9. The smallest absolute Gasteiger partial charge is 0.332 e. The van der Waals surface area contributed by atoms with Gasteiger partial charge in [-0.3, -0.25) is 4.79 Å². The molecule has 0 unspecified atom stereocenters. The molecule has 0 atom stereocenters. The summed E-state index contributed by atoms with van der Waals surface area (Å²) < 4.78 is 11.3. The fourth-order valence-corrected chi connectivity index (χ4v) is 3.60. The Balaban J connectivity index is 1.29. The van der Waals surface area contributed by atoms with Crippen molar-refractivity contribution in [2.75, 3.05) is 19.8 Å². The Hall–Kier alpha value is -2.48. The Morgan fingerprint density at radius 3 is 2.79 bits per heavy atom. The summed E-state index contributed by atoms with van der Waals surface area (Å²) in [6.45, 7) is 0.0930. The SMILES string of the molecule is O=C(COC(=O)COCc1nc2ccccc2s1)NCCc1cccc(Cl)c1. The van der Waals surface area contributed by atoms with Crippen LogP contribution in [0.3, 0.4) is 0 Å². The average Bonchev–Trinajstić information content (AvgIpc) is 3.09. The number of carbonyl (C=O) groups excluding carboxylic acids is 2. The number of amides is 1. The van der Waals surface area contributed by atoms with Crippen molar-refractivity contribution in [3.8, 4) is 0 Å². The van der Waals surface area contributed by atoms with Crippen molar-refractivity contribution in [2.45, 2.75) is 13.0 Å². The molecule has 0 aliphatic rings. The summed E-state index contributed by atoms with van der Waals surface area (Å²) in [5.41, 5.74) is 1.93. The van der Waals surface area contributed by atoms with Gasteiger partial charge < -0.3 is 14.8 Å². The standard InChI is InChI=1S/C20H19ClN2O4S/c21-15-5-3-4-14(10-15)8-9-22-18(24)11-27-20(25)13-26-12-19-23-16-6-1-2-7-17(16)28-19/h1-7,10H,8-9,11-13H2,(H,22,24). The third-order valence-corrected chi connectivity index (χ3v) is 5.02. The molecule has 8 heteroatoms. The second-order valence-electron chi connectivity index (χ2n) is 5.96. The van der Waals surface area contributed by atoms with Gasteiger partial charge in [0, 0.05) is 11.6 Å². The van der Waals surface area contributed by atoms with Crippen molar-refractivity contribution < 1.29 is 19.1 Å². The highest BCUT2D eigenvalue weighted by molar-refractivity contribution is 7.18. The number of nitrogens with zero attached hydrogens (tertiary/aromatic N) is 1. The van der Waals surface area contributed by atoms with Gasteiger partial charge in [0.1, 0.15) is 11.6 Å². The molecule has 2 aromatic carbocycles. The van der Waals surface area contributed by atoms with Crippen molar-refractivity contribution in [3.63, 3.8) is 0 Å². The van der Waals surface area contributed by atoms with Crippen molar-refractivity contribution in [3.05, 3.63) is 64.1 Å². The number of ether oxygens (including phenoxy) is 2. The van der Waals surface area contributed by atoms with Crippen LogP contribution in [-0.4, -0.2) is 36.6 Å². The molecule has 0 spiro atoms. The van der Waals surface area contributed by atoms with Gasteiger partial charge in [0.15, 0.2) is 6.61 Å². The van der Waals surface area contributed by atoms with E-state index < -0.39 is 5.97 Å². The van der Waals surface area contributed by atoms with Gasteiger partial charge in [-0.15, -0.1) is 11.3 Å². The van der Waals surface area contributed by atoms with Gasteiger partial charge >= 0.3 is 5.97 Å². The van der Waals surface area contributed by atoms with E-state index in [9.17, 15) is 9.59 Å². The summed E-state index contributed by atoms with van der Waals surface area (Å²) in [5, 5.41) is 4.14. The molecule has 3 aromatic rings. The fourth-order valence-electron chi connectivity index (χ4n) is 2.48.